The number of thiazole rings is 1. The highest BCUT2D eigenvalue weighted by molar-refractivity contribution is 7.22. The second kappa shape index (κ2) is 9.05. The van der Waals surface area contributed by atoms with E-state index in [-0.39, 0.29) is 22.2 Å². The molecule has 0 spiro atoms. The van der Waals surface area contributed by atoms with Gasteiger partial charge in [0.05, 0.1) is 21.4 Å². The fourth-order valence-corrected chi connectivity index (χ4v) is 3.89. The van der Waals surface area contributed by atoms with Gasteiger partial charge in [-0.2, -0.15) is 10.1 Å². The van der Waals surface area contributed by atoms with Crippen molar-refractivity contribution >= 4 is 50.3 Å². The Hall–Kier alpha value is -4.31. The topological polar surface area (TPSA) is 106 Å². The van der Waals surface area contributed by atoms with Crippen molar-refractivity contribution in [3.8, 4) is 0 Å². The molecule has 0 aliphatic carbocycles. The van der Waals surface area contributed by atoms with Crippen molar-refractivity contribution in [1.82, 2.24) is 4.98 Å². The number of hydrogen-bond acceptors (Lipinski definition) is 7. The summed E-state index contributed by atoms with van der Waals surface area (Å²) in [5, 5.41) is 16.4. The number of hydrogen-bond donors (Lipinski definition) is 0. The zero-order chi connectivity index (χ0) is 23.5. The number of amides is 1. The zero-order valence-electron chi connectivity index (χ0n) is 17.1. The number of ketones is 1. The van der Waals surface area contributed by atoms with Crippen LogP contribution >= 0.6 is 11.3 Å². The molecule has 0 atom stereocenters. The van der Waals surface area contributed by atoms with E-state index in [1.165, 1.54) is 67.7 Å². The second-order valence-corrected chi connectivity index (χ2v) is 7.96. The summed E-state index contributed by atoms with van der Waals surface area (Å²) < 4.78 is 14.2. The number of non-ortho nitro benzene ring substituents is 1. The van der Waals surface area contributed by atoms with Crippen LogP contribution in [0.25, 0.3) is 10.2 Å². The molecule has 1 aromatic heterocycles. The average Bonchev–Trinajstić information content (AvgIpc) is 3.22. The van der Waals surface area contributed by atoms with Gasteiger partial charge in [0.15, 0.2) is 5.78 Å². The van der Waals surface area contributed by atoms with Gasteiger partial charge in [0.1, 0.15) is 5.82 Å². The molecule has 4 rings (SSSR count). The molecule has 0 bridgehead atoms. The van der Waals surface area contributed by atoms with E-state index in [1.807, 2.05) is 0 Å². The lowest BCUT2D eigenvalue weighted by Gasteiger charge is -2.14. The molecule has 0 aliphatic heterocycles. The maximum atomic E-state index is 13.6. The van der Waals surface area contributed by atoms with Crippen LogP contribution in [0.1, 0.15) is 33.2 Å². The van der Waals surface area contributed by atoms with Crippen molar-refractivity contribution in [1.29, 1.82) is 0 Å². The minimum absolute atomic E-state index is 0.0705. The average molecular weight is 462 g/mol. The largest absolute Gasteiger partial charge is 0.295 e. The van der Waals surface area contributed by atoms with Gasteiger partial charge in [0.2, 0.25) is 5.13 Å². The first-order valence-corrected chi connectivity index (χ1v) is 10.4. The highest BCUT2D eigenvalue weighted by Crippen LogP contribution is 2.30. The van der Waals surface area contributed by atoms with Crippen LogP contribution in [-0.4, -0.2) is 27.8 Å². The van der Waals surface area contributed by atoms with Crippen LogP contribution in [-0.2, 0) is 0 Å². The summed E-state index contributed by atoms with van der Waals surface area (Å²) in [4.78, 5) is 39.5. The van der Waals surface area contributed by atoms with E-state index < -0.39 is 16.6 Å². The predicted molar refractivity (Wildman–Crippen MR) is 124 cm³/mol. The summed E-state index contributed by atoms with van der Waals surface area (Å²) in [6, 6.07) is 15.9. The van der Waals surface area contributed by atoms with Crippen LogP contribution in [0.3, 0.4) is 0 Å². The van der Waals surface area contributed by atoms with Crippen molar-refractivity contribution < 1.29 is 18.9 Å². The smallest absolute Gasteiger partial charge is 0.280 e. The third-order valence-electron chi connectivity index (χ3n) is 4.68. The Kier molecular flexibility index (Phi) is 6.01. The minimum Gasteiger partial charge on any atom is -0.295 e. The van der Waals surface area contributed by atoms with Crippen LogP contribution in [0.2, 0.25) is 0 Å². The highest BCUT2D eigenvalue weighted by atomic mass is 32.1. The molecular weight excluding hydrogens is 447 g/mol. The summed E-state index contributed by atoms with van der Waals surface area (Å²) in [7, 11) is 0. The first-order chi connectivity index (χ1) is 15.8. The molecule has 8 nitrogen and oxygen atoms in total. The van der Waals surface area contributed by atoms with E-state index in [9.17, 15) is 24.1 Å². The van der Waals surface area contributed by atoms with Gasteiger partial charge < -0.3 is 0 Å². The van der Waals surface area contributed by atoms with Crippen molar-refractivity contribution in [3.63, 3.8) is 0 Å². The number of carbonyl (C=O) groups is 2. The number of Topliss-reactive ketones (excluding diaryl/α,β-unsaturated/α-hetero) is 1. The lowest BCUT2D eigenvalue weighted by atomic mass is 10.1. The lowest BCUT2D eigenvalue weighted by Crippen LogP contribution is -2.25. The molecule has 0 unspecified atom stereocenters. The Balaban J connectivity index is 1.72. The van der Waals surface area contributed by atoms with Gasteiger partial charge >= 0.3 is 0 Å². The fraction of sp³-hybridized carbons (Fsp3) is 0.0435. The minimum atomic E-state index is -0.512. The van der Waals surface area contributed by atoms with Crippen molar-refractivity contribution in [3.05, 3.63) is 99.4 Å². The Labute approximate surface area is 190 Å². The molecule has 4 aromatic rings. The number of anilines is 1. The number of carbonyl (C=O) groups excluding carboxylic acids is 2. The predicted octanol–water partition coefficient (Wildman–Crippen LogP) is 5.23. The number of aromatic nitrogens is 1. The van der Waals surface area contributed by atoms with Crippen molar-refractivity contribution in [2.45, 2.75) is 6.92 Å². The zero-order valence-corrected chi connectivity index (χ0v) is 18.0. The maximum absolute atomic E-state index is 13.6. The van der Waals surface area contributed by atoms with Gasteiger partial charge in [0.25, 0.3) is 11.6 Å². The molecule has 0 radical (unpaired) electrons. The Bertz CT molecular complexity index is 1400. The third-order valence-corrected chi connectivity index (χ3v) is 5.67. The number of halogens is 1. The quantitative estimate of drug-likeness (QED) is 0.169. The van der Waals surface area contributed by atoms with E-state index in [4.69, 9.17) is 0 Å². The van der Waals surface area contributed by atoms with Crippen LogP contribution in [0.4, 0.5) is 15.2 Å². The summed E-state index contributed by atoms with van der Waals surface area (Å²) in [5.74, 6) is -1.07. The SMILES string of the molecule is CC(=O)c1ccc(C(=O)N(/N=C/c2ccc([N+](=O)[O-])cc2)c2nc3ccc(F)cc3s2)cc1. The number of fused-ring (bicyclic) bond motifs is 1. The second-order valence-electron chi connectivity index (χ2n) is 6.95. The first-order valence-electron chi connectivity index (χ1n) is 9.62. The van der Waals surface area contributed by atoms with Gasteiger partial charge in [0, 0.05) is 23.3 Å². The summed E-state index contributed by atoms with van der Waals surface area (Å²) in [6.07, 6.45) is 1.37. The standard InChI is InChI=1S/C23H15FN4O4S/c1-14(29)16-4-6-17(7-5-16)22(30)27(23-26-20-11-8-18(24)12-21(20)33-23)25-13-15-2-9-19(10-3-15)28(31)32/h2-13H,1H3/b25-13+. The Morgan fingerprint density at radius 3 is 2.36 bits per heavy atom. The van der Waals surface area contributed by atoms with Gasteiger partial charge in [-0.15, -0.1) is 0 Å². The first kappa shape index (κ1) is 21.9. The molecule has 0 N–H and O–H groups in total. The molecular formula is C23H15FN4O4S. The third kappa shape index (κ3) is 4.80. The van der Waals surface area contributed by atoms with Crippen LogP contribution in [0, 0.1) is 15.9 Å². The van der Waals surface area contributed by atoms with Crippen LogP contribution in [0.5, 0.6) is 0 Å². The molecule has 1 heterocycles. The van der Waals surface area contributed by atoms with Crippen molar-refractivity contribution in [2.75, 3.05) is 5.01 Å². The van der Waals surface area contributed by atoms with Gasteiger partial charge in [-0.3, -0.25) is 19.7 Å². The molecule has 0 aliphatic rings. The molecule has 164 valence electrons. The lowest BCUT2D eigenvalue weighted by molar-refractivity contribution is -0.384. The van der Waals surface area contributed by atoms with Crippen molar-refractivity contribution in [2.24, 2.45) is 5.10 Å². The molecule has 1 amide bonds. The van der Waals surface area contributed by atoms with E-state index in [0.29, 0.717) is 21.3 Å². The number of benzene rings is 3. The van der Waals surface area contributed by atoms with Gasteiger partial charge in [-0.05, 0) is 55.0 Å². The van der Waals surface area contributed by atoms with Crippen LogP contribution in [0.15, 0.2) is 71.8 Å². The molecule has 3 aromatic carbocycles. The van der Waals surface area contributed by atoms with E-state index in [2.05, 4.69) is 10.1 Å². The Morgan fingerprint density at radius 1 is 1.06 bits per heavy atom. The molecule has 0 saturated carbocycles. The maximum Gasteiger partial charge on any atom is 0.280 e. The normalized spacial score (nSPS) is 11.1. The Morgan fingerprint density at radius 2 is 1.73 bits per heavy atom. The summed E-state index contributed by atoms with van der Waals surface area (Å²) in [5.41, 5.74) is 1.69. The van der Waals surface area contributed by atoms with E-state index in [0.717, 1.165) is 16.3 Å². The van der Waals surface area contributed by atoms with Crippen LogP contribution < -0.4 is 5.01 Å². The molecule has 33 heavy (non-hydrogen) atoms. The van der Waals surface area contributed by atoms with E-state index >= 15 is 0 Å². The molecule has 10 heteroatoms. The fourth-order valence-electron chi connectivity index (χ4n) is 2.94. The highest BCUT2D eigenvalue weighted by Gasteiger charge is 2.21. The molecule has 0 fully saturated rings. The number of nitrogens with zero attached hydrogens (tertiary/aromatic N) is 4. The number of hydrazone groups is 1. The molecule has 0 saturated heterocycles. The summed E-state index contributed by atoms with van der Waals surface area (Å²) >= 11 is 1.09. The summed E-state index contributed by atoms with van der Waals surface area (Å²) in [6.45, 7) is 1.43. The van der Waals surface area contributed by atoms with E-state index in [1.54, 1.807) is 12.1 Å². The number of rotatable bonds is 6. The number of nitro groups is 1. The monoisotopic (exact) mass is 462 g/mol. The van der Waals surface area contributed by atoms with Gasteiger partial charge in [-0.25, -0.2) is 9.37 Å². The number of nitro benzene ring substituents is 1. The van der Waals surface area contributed by atoms with Gasteiger partial charge in [-0.1, -0.05) is 23.5 Å².